The first-order chi connectivity index (χ1) is 14.1. The molecule has 0 saturated carbocycles. The number of benzene rings is 2. The molecule has 2 aromatic rings. The van der Waals surface area contributed by atoms with Crippen LogP contribution in [0.15, 0.2) is 70.6 Å². The Labute approximate surface area is 197 Å². The third-order valence-electron chi connectivity index (χ3n) is 5.22. The summed E-state index contributed by atoms with van der Waals surface area (Å²) in [6.07, 6.45) is 2.77. The number of rotatable bonds is 8. The molecule has 1 aliphatic rings. The molecule has 0 aliphatic carbocycles. The number of aliphatic imine (C=N–C) groups is 1. The molecule has 0 bridgehead atoms. The highest BCUT2D eigenvalue weighted by atomic mass is 127. The van der Waals surface area contributed by atoms with Crippen LogP contribution < -0.4 is 5.32 Å². The van der Waals surface area contributed by atoms with Crippen LogP contribution in [0.4, 0.5) is 0 Å². The Hall–Kier alpha value is -1.61. The van der Waals surface area contributed by atoms with Gasteiger partial charge in [0.25, 0.3) is 0 Å². The second-order valence-corrected chi connectivity index (χ2v) is 9.62. The van der Waals surface area contributed by atoms with Gasteiger partial charge in [-0.2, -0.15) is 0 Å². The van der Waals surface area contributed by atoms with Gasteiger partial charge in [-0.25, -0.2) is 8.42 Å². The zero-order chi connectivity index (χ0) is 20.5. The van der Waals surface area contributed by atoms with Crippen molar-refractivity contribution in [2.45, 2.75) is 31.1 Å². The van der Waals surface area contributed by atoms with Crippen molar-refractivity contribution in [2.75, 3.05) is 31.9 Å². The molecule has 3 rings (SSSR count). The SMILES string of the molecule is CCNC(=NCCCS(=O)(=O)c1ccccc1)N1CCC(Cc2ccccc2)C1.I. The van der Waals surface area contributed by atoms with Gasteiger partial charge in [0.05, 0.1) is 10.6 Å². The van der Waals surface area contributed by atoms with Crippen molar-refractivity contribution in [1.82, 2.24) is 10.2 Å². The molecule has 1 unspecified atom stereocenters. The van der Waals surface area contributed by atoms with Crippen LogP contribution in [0.5, 0.6) is 0 Å². The van der Waals surface area contributed by atoms with Crippen LogP contribution in [-0.2, 0) is 16.3 Å². The number of likely N-dealkylation sites (tertiary alicyclic amines) is 1. The lowest BCUT2D eigenvalue weighted by atomic mass is 9.99. The molecule has 7 heteroatoms. The fourth-order valence-electron chi connectivity index (χ4n) is 3.75. The van der Waals surface area contributed by atoms with E-state index in [1.807, 2.05) is 6.07 Å². The molecule has 5 nitrogen and oxygen atoms in total. The van der Waals surface area contributed by atoms with E-state index in [-0.39, 0.29) is 29.7 Å². The van der Waals surface area contributed by atoms with E-state index in [9.17, 15) is 8.42 Å². The standard InChI is InChI=1S/C23H31N3O2S.HI/c1-2-24-23(25-15-9-17-29(27,28)22-12-7-4-8-13-22)26-16-14-21(19-26)18-20-10-5-3-6-11-20;/h3-8,10-13,21H,2,9,14-19H2,1H3,(H,24,25);1H. The van der Waals surface area contributed by atoms with Crippen molar-refractivity contribution in [3.63, 3.8) is 0 Å². The van der Waals surface area contributed by atoms with E-state index in [0.717, 1.165) is 38.4 Å². The number of halogens is 1. The molecule has 1 N–H and O–H groups in total. The number of hydrogen-bond acceptors (Lipinski definition) is 3. The Morgan fingerprint density at radius 2 is 1.77 bits per heavy atom. The number of guanidine groups is 1. The zero-order valence-electron chi connectivity index (χ0n) is 17.5. The molecule has 0 aromatic heterocycles. The zero-order valence-corrected chi connectivity index (χ0v) is 20.7. The van der Waals surface area contributed by atoms with Crippen molar-refractivity contribution in [3.05, 3.63) is 66.2 Å². The van der Waals surface area contributed by atoms with Gasteiger partial charge >= 0.3 is 0 Å². The van der Waals surface area contributed by atoms with E-state index >= 15 is 0 Å². The van der Waals surface area contributed by atoms with Crippen LogP contribution in [0.25, 0.3) is 0 Å². The maximum Gasteiger partial charge on any atom is 0.193 e. The Kier molecular flexibility index (Phi) is 10.1. The van der Waals surface area contributed by atoms with Crippen molar-refractivity contribution < 1.29 is 8.42 Å². The van der Waals surface area contributed by atoms with Crippen molar-refractivity contribution in [3.8, 4) is 0 Å². The van der Waals surface area contributed by atoms with Gasteiger partial charge in [0.2, 0.25) is 0 Å². The third-order valence-corrected chi connectivity index (χ3v) is 7.04. The average molecular weight is 541 g/mol. The van der Waals surface area contributed by atoms with Crippen LogP contribution in [-0.4, -0.2) is 51.2 Å². The topological polar surface area (TPSA) is 61.8 Å². The summed E-state index contributed by atoms with van der Waals surface area (Å²) in [6, 6.07) is 19.3. The van der Waals surface area contributed by atoms with Crippen LogP contribution in [0.3, 0.4) is 0 Å². The molecule has 164 valence electrons. The number of sulfone groups is 1. The molecule has 1 saturated heterocycles. The molecule has 0 radical (unpaired) electrons. The van der Waals surface area contributed by atoms with E-state index < -0.39 is 9.84 Å². The first kappa shape index (κ1) is 24.7. The first-order valence-corrected chi connectivity index (χ1v) is 12.1. The van der Waals surface area contributed by atoms with E-state index in [0.29, 0.717) is 23.8 Å². The largest absolute Gasteiger partial charge is 0.357 e. The van der Waals surface area contributed by atoms with E-state index in [2.05, 4.69) is 47.5 Å². The predicted octanol–water partition coefficient (Wildman–Crippen LogP) is 4.00. The molecule has 0 amide bonds. The third kappa shape index (κ3) is 7.27. The van der Waals surface area contributed by atoms with Crippen molar-refractivity contribution >= 4 is 39.8 Å². The van der Waals surface area contributed by atoms with Gasteiger partial charge in [0.15, 0.2) is 15.8 Å². The summed E-state index contributed by atoms with van der Waals surface area (Å²) >= 11 is 0. The van der Waals surface area contributed by atoms with E-state index in [4.69, 9.17) is 4.99 Å². The molecule has 1 aliphatic heterocycles. The minimum Gasteiger partial charge on any atom is -0.357 e. The lowest BCUT2D eigenvalue weighted by molar-refractivity contribution is 0.460. The van der Waals surface area contributed by atoms with E-state index in [1.54, 1.807) is 24.3 Å². The molecule has 1 fully saturated rings. The minimum absolute atomic E-state index is 0. The summed E-state index contributed by atoms with van der Waals surface area (Å²) < 4.78 is 24.8. The molecule has 30 heavy (non-hydrogen) atoms. The summed E-state index contributed by atoms with van der Waals surface area (Å²) in [5.41, 5.74) is 1.38. The lowest BCUT2D eigenvalue weighted by Gasteiger charge is -2.21. The van der Waals surface area contributed by atoms with Crippen LogP contribution >= 0.6 is 24.0 Å². The van der Waals surface area contributed by atoms with Gasteiger partial charge in [-0.05, 0) is 49.8 Å². The number of nitrogens with one attached hydrogen (secondary N) is 1. The molecule has 2 aromatic carbocycles. The fraction of sp³-hybridized carbons (Fsp3) is 0.435. The molecule has 0 spiro atoms. The maximum absolute atomic E-state index is 12.4. The molecular formula is C23H32IN3O2S. The minimum atomic E-state index is -3.24. The molecular weight excluding hydrogens is 509 g/mol. The van der Waals surface area contributed by atoms with Gasteiger partial charge in [-0.1, -0.05) is 48.5 Å². The quantitative estimate of drug-likeness (QED) is 0.238. The van der Waals surface area contributed by atoms with E-state index in [1.165, 1.54) is 5.56 Å². The first-order valence-electron chi connectivity index (χ1n) is 10.4. The molecule has 1 heterocycles. The number of nitrogens with zero attached hydrogens (tertiary/aromatic N) is 2. The Balaban J connectivity index is 0.00000320. The summed E-state index contributed by atoms with van der Waals surface area (Å²) in [4.78, 5) is 7.40. The summed E-state index contributed by atoms with van der Waals surface area (Å²) in [7, 11) is -3.24. The maximum atomic E-state index is 12.4. The number of hydrogen-bond donors (Lipinski definition) is 1. The summed E-state index contributed by atoms with van der Waals surface area (Å²) in [6.45, 7) is 5.36. The van der Waals surface area contributed by atoms with Crippen molar-refractivity contribution in [2.24, 2.45) is 10.9 Å². The summed E-state index contributed by atoms with van der Waals surface area (Å²) in [5.74, 6) is 1.65. The highest BCUT2D eigenvalue weighted by Crippen LogP contribution is 2.21. The van der Waals surface area contributed by atoms with Gasteiger partial charge in [0, 0.05) is 26.2 Å². The normalized spacial score (nSPS) is 16.9. The van der Waals surface area contributed by atoms with Crippen molar-refractivity contribution in [1.29, 1.82) is 0 Å². The fourth-order valence-corrected chi connectivity index (χ4v) is 5.07. The van der Waals surface area contributed by atoms with Crippen LogP contribution in [0.1, 0.15) is 25.3 Å². The van der Waals surface area contributed by atoms with Crippen LogP contribution in [0, 0.1) is 5.92 Å². The second-order valence-electron chi connectivity index (χ2n) is 7.51. The highest BCUT2D eigenvalue weighted by Gasteiger charge is 2.25. The van der Waals surface area contributed by atoms with Crippen LogP contribution in [0.2, 0.25) is 0 Å². The van der Waals surface area contributed by atoms with Gasteiger partial charge < -0.3 is 10.2 Å². The Morgan fingerprint density at radius 3 is 2.43 bits per heavy atom. The Bertz CT molecular complexity index is 889. The highest BCUT2D eigenvalue weighted by molar-refractivity contribution is 14.0. The monoisotopic (exact) mass is 541 g/mol. The van der Waals surface area contributed by atoms with Gasteiger partial charge in [-0.15, -0.1) is 24.0 Å². The van der Waals surface area contributed by atoms with Gasteiger partial charge in [0.1, 0.15) is 0 Å². The summed E-state index contributed by atoms with van der Waals surface area (Å²) in [5, 5.41) is 3.36. The van der Waals surface area contributed by atoms with Gasteiger partial charge in [-0.3, -0.25) is 4.99 Å². The Morgan fingerprint density at radius 1 is 1.10 bits per heavy atom. The smallest absolute Gasteiger partial charge is 0.193 e. The predicted molar refractivity (Wildman–Crippen MR) is 134 cm³/mol. The lowest BCUT2D eigenvalue weighted by Crippen LogP contribution is -2.40. The molecule has 1 atom stereocenters. The average Bonchev–Trinajstić information content (AvgIpc) is 3.20. The second kappa shape index (κ2) is 12.3.